The first-order valence-corrected chi connectivity index (χ1v) is 7.13. The van der Waals surface area contributed by atoms with Crippen molar-refractivity contribution in [3.05, 3.63) is 22.7 Å². The van der Waals surface area contributed by atoms with Crippen LogP contribution >= 0.6 is 27.3 Å². The molecular formula is C12H16BrN3S. The molecule has 0 fully saturated rings. The van der Waals surface area contributed by atoms with Crippen LogP contribution in [0.15, 0.2) is 22.7 Å². The van der Waals surface area contributed by atoms with Gasteiger partial charge >= 0.3 is 0 Å². The van der Waals surface area contributed by atoms with Crippen LogP contribution in [0.2, 0.25) is 0 Å². The molecular weight excluding hydrogens is 298 g/mol. The van der Waals surface area contributed by atoms with Gasteiger partial charge in [-0.05, 0) is 39.2 Å². The van der Waals surface area contributed by atoms with E-state index < -0.39 is 0 Å². The fraction of sp³-hybridized carbons (Fsp3) is 0.417. The van der Waals surface area contributed by atoms with Gasteiger partial charge in [-0.3, -0.25) is 0 Å². The molecule has 2 aromatic rings. The lowest BCUT2D eigenvalue weighted by atomic mass is 10.3. The molecule has 17 heavy (non-hydrogen) atoms. The number of halogens is 1. The summed E-state index contributed by atoms with van der Waals surface area (Å²) in [5.74, 6) is 0. The van der Waals surface area contributed by atoms with Gasteiger partial charge in [0.1, 0.15) is 0 Å². The van der Waals surface area contributed by atoms with Crippen molar-refractivity contribution in [3.8, 4) is 0 Å². The lowest BCUT2D eigenvalue weighted by Gasteiger charge is -2.17. The predicted octanol–water partition coefficient (Wildman–Crippen LogP) is 3.42. The van der Waals surface area contributed by atoms with E-state index in [2.05, 4.69) is 58.2 Å². The molecule has 0 bridgehead atoms. The number of aromatic nitrogens is 1. The standard InChI is InChI=1S/C12H16BrN3S/c1-8(7-16(2)3)14-12-15-10-5-4-9(13)6-11(10)17-12/h4-6,8H,7H2,1-3H3,(H,14,15). The summed E-state index contributed by atoms with van der Waals surface area (Å²) in [5, 5.41) is 4.43. The van der Waals surface area contributed by atoms with Crippen molar-refractivity contribution in [1.82, 2.24) is 9.88 Å². The number of hydrogen-bond donors (Lipinski definition) is 1. The van der Waals surface area contributed by atoms with E-state index in [-0.39, 0.29) is 0 Å². The Hall–Kier alpha value is -0.650. The summed E-state index contributed by atoms with van der Waals surface area (Å²) in [5.41, 5.74) is 1.05. The summed E-state index contributed by atoms with van der Waals surface area (Å²) in [7, 11) is 4.15. The molecule has 0 aliphatic rings. The van der Waals surface area contributed by atoms with Gasteiger partial charge in [0.2, 0.25) is 0 Å². The minimum atomic E-state index is 0.397. The molecule has 1 N–H and O–H groups in total. The number of hydrogen-bond acceptors (Lipinski definition) is 4. The Morgan fingerprint density at radius 3 is 2.94 bits per heavy atom. The Labute approximate surface area is 114 Å². The number of nitrogens with zero attached hydrogens (tertiary/aromatic N) is 2. The number of likely N-dealkylation sites (N-methyl/N-ethyl adjacent to an activating group) is 1. The van der Waals surface area contributed by atoms with Gasteiger partial charge in [0.25, 0.3) is 0 Å². The second-order valence-corrected chi connectivity index (χ2v) is 6.39. The Kier molecular flexibility index (Phi) is 4.01. The van der Waals surface area contributed by atoms with E-state index in [1.165, 1.54) is 4.70 Å². The lowest BCUT2D eigenvalue weighted by Crippen LogP contribution is -2.29. The summed E-state index contributed by atoms with van der Waals surface area (Å²) in [6.07, 6.45) is 0. The summed E-state index contributed by atoms with van der Waals surface area (Å²) in [4.78, 5) is 6.74. The molecule has 3 nitrogen and oxygen atoms in total. The minimum Gasteiger partial charge on any atom is -0.358 e. The Morgan fingerprint density at radius 1 is 1.47 bits per heavy atom. The molecule has 1 aromatic carbocycles. The Bertz CT molecular complexity index is 509. The van der Waals surface area contributed by atoms with E-state index >= 15 is 0 Å². The highest BCUT2D eigenvalue weighted by Gasteiger charge is 2.08. The number of benzene rings is 1. The summed E-state index contributed by atoms with van der Waals surface area (Å²) >= 11 is 5.17. The molecule has 2 rings (SSSR count). The SMILES string of the molecule is CC(CN(C)C)Nc1nc2ccc(Br)cc2s1. The summed E-state index contributed by atoms with van der Waals surface area (Å²) in [6.45, 7) is 3.17. The highest BCUT2D eigenvalue weighted by Crippen LogP contribution is 2.28. The van der Waals surface area contributed by atoms with E-state index in [0.717, 1.165) is 21.7 Å². The average molecular weight is 314 g/mol. The van der Waals surface area contributed by atoms with Gasteiger partial charge in [-0.1, -0.05) is 27.3 Å². The normalized spacial score (nSPS) is 13.2. The molecule has 92 valence electrons. The molecule has 1 heterocycles. The van der Waals surface area contributed by atoms with Crippen molar-refractivity contribution in [2.24, 2.45) is 0 Å². The first kappa shape index (κ1) is 12.8. The summed E-state index contributed by atoms with van der Waals surface area (Å²) < 4.78 is 2.31. The molecule has 5 heteroatoms. The van der Waals surface area contributed by atoms with E-state index in [9.17, 15) is 0 Å². The summed E-state index contributed by atoms with van der Waals surface area (Å²) in [6, 6.07) is 6.57. The molecule has 0 saturated carbocycles. The van der Waals surface area contributed by atoms with E-state index in [4.69, 9.17) is 0 Å². The van der Waals surface area contributed by atoms with Crippen LogP contribution in [0.1, 0.15) is 6.92 Å². The van der Waals surface area contributed by atoms with Gasteiger partial charge in [0, 0.05) is 17.1 Å². The molecule has 1 aromatic heterocycles. The van der Waals surface area contributed by atoms with Crippen molar-refractivity contribution in [2.75, 3.05) is 26.0 Å². The van der Waals surface area contributed by atoms with Crippen LogP contribution in [0.3, 0.4) is 0 Å². The van der Waals surface area contributed by atoms with Crippen LogP contribution in [-0.2, 0) is 0 Å². The van der Waals surface area contributed by atoms with Crippen LogP contribution < -0.4 is 5.32 Å². The van der Waals surface area contributed by atoms with Gasteiger partial charge in [0.15, 0.2) is 5.13 Å². The molecule has 1 unspecified atom stereocenters. The lowest BCUT2D eigenvalue weighted by molar-refractivity contribution is 0.392. The van der Waals surface area contributed by atoms with Crippen LogP contribution in [-0.4, -0.2) is 36.6 Å². The fourth-order valence-electron chi connectivity index (χ4n) is 1.76. The zero-order valence-corrected chi connectivity index (χ0v) is 12.6. The van der Waals surface area contributed by atoms with Gasteiger partial charge in [-0.15, -0.1) is 0 Å². The van der Waals surface area contributed by atoms with E-state index in [1.54, 1.807) is 11.3 Å². The zero-order valence-electron chi connectivity index (χ0n) is 10.2. The van der Waals surface area contributed by atoms with Gasteiger partial charge < -0.3 is 10.2 Å². The molecule has 0 radical (unpaired) electrons. The maximum absolute atomic E-state index is 4.57. The number of thiazole rings is 1. The molecule has 0 saturated heterocycles. The van der Waals surface area contributed by atoms with Crippen LogP contribution in [0.5, 0.6) is 0 Å². The highest BCUT2D eigenvalue weighted by atomic mass is 79.9. The number of anilines is 1. The Morgan fingerprint density at radius 2 is 2.24 bits per heavy atom. The van der Waals surface area contributed by atoms with E-state index in [0.29, 0.717) is 6.04 Å². The molecule has 0 amide bonds. The zero-order chi connectivity index (χ0) is 12.4. The monoisotopic (exact) mass is 313 g/mol. The highest BCUT2D eigenvalue weighted by molar-refractivity contribution is 9.10. The van der Waals surface area contributed by atoms with Crippen molar-refractivity contribution >= 4 is 42.6 Å². The number of rotatable bonds is 4. The Balaban J connectivity index is 2.14. The van der Waals surface area contributed by atoms with Gasteiger partial charge in [-0.25, -0.2) is 4.98 Å². The van der Waals surface area contributed by atoms with Crippen LogP contribution in [0.4, 0.5) is 5.13 Å². The first-order valence-electron chi connectivity index (χ1n) is 5.52. The average Bonchev–Trinajstić information content (AvgIpc) is 2.57. The van der Waals surface area contributed by atoms with Crippen LogP contribution in [0, 0.1) is 0 Å². The van der Waals surface area contributed by atoms with Crippen molar-refractivity contribution in [1.29, 1.82) is 0 Å². The number of fused-ring (bicyclic) bond motifs is 1. The topological polar surface area (TPSA) is 28.2 Å². The van der Waals surface area contributed by atoms with Gasteiger partial charge in [0.05, 0.1) is 10.2 Å². The fourth-order valence-corrected chi connectivity index (χ4v) is 3.29. The van der Waals surface area contributed by atoms with E-state index in [1.807, 2.05) is 12.1 Å². The third-order valence-electron chi connectivity index (χ3n) is 2.36. The van der Waals surface area contributed by atoms with Crippen molar-refractivity contribution in [3.63, 3.8) is 0 Å². The smallest absolute Gasteiger partial charge is 0.184 e. The number of nitrogens with one attached hydrogen (secondary N) is 1. The van der Waals surface area contributed by atoms with Crippen LogP contribution in [0.25, 0.3) is 10.2 Å². The largest absolute Gasteiger partial charge is 0.358 e. The predicted molar refractivity (Wildman–Crippen MR) is 79.0 cm³/mol. The molecule has 1 atom stereocenters. The third-order valence-corrected chi connectivity index (χ3v) is 3.80. The molecule has 0 aliphatic carbocycles. The maximum atomic E-state index is 4.57. The second kappa shape index (κ2) is 5.33. The van der Waals surface area contributed by atoms with Crippen molar-refractivity contribution in [2.45, 2.75) is 13.0 Å². The second-order valence-electron chi connectivity index (χ2n) is 4.44. The third kappa shape index (κ3) is 3.40. The quantitative estimate of drug-likeness (QED) is 0.937. The molecule has 0 aliphatic heterocycles. The maximum Gasteiger partial charge on any atom is 0.184 e. The van der Waals surface area contributed by atoms with Crippen molar-refractivity contribution < 1.29 is 0 Å². The minimum absolute atomic E-state index is 0.397. The molecule has 0 spiro atoms. The first-order chi connectivity index (χ1) is 8.04. The van der Waals surface area contributed by atoms with Gasteiger partial charge in [-0.2, -0.15) is 0 Å².